The summed E-state index contributed by atoms with van der Waals surface area (Å²) < 4.78 is 0.188. The number of benzene rings is 1. The van der Waals surface area contributed by atoms with E-state index < -0.39 is 6.10 Å². The first-order valence-corrected chi connectivity index (χ1v) is 6.32. The molecule has 0 amide bonds. The van der Waals surface area contributed by atoms with Gasteiger partial charge in [-0.05, 0) is 17.7 Å². The molecule has 0 radical (unpaired) electrons. The van der Waals surface area contributed by atoms with Crippen molar-refractivity contribution in [2.45, 2.75) is 31.6 Å². The highest BCUT2D eigenvalue weighted by atomic mass is 35.5. The van der Waals surface area contributed by atoms with E-state index in [1.165, 1.54) is 0 Å². The summed E-state index contributed by atoms with van der Waals surface area (Å²) in [6.45, 7) is 6.44. The molecule has 1 atom stereocenters. The average Bonchev–Trinajstić information content (AvgIpc) is 2.14. The van der Waals surface area contributed by atoms with Crippen LogP contribution in [-0.2, 0) is 0 Å². The van der Waals surface area contributed by atoms with E-state index in [0.717, 1.165) is 5.56 Å². The Hall–Kier alpha value is -0.180. The van der Waals surface area contributed by atoms with Crippen molar-refractivity contribution in [2.75, 3.05) is 5.75 Å². The number of halogens is 1. The van der Waals surface area contributed by atoms with Gasteiger partial charge in [0.15, 0.2) is 0 Å². The number of hydrogen-bond acceptors (Lipinski definition) is 2. The summed E-state index contributed by atoms with van der Waals surface area (Å²) in [6, 6.07) is 7.36. The van der Waals surface area contributed by atoms with Crippen molar-refractivity contribution in [2.24, 2.45) is 0 Å². The molecular weight excluding hydrogens is 228 g/mol. The average molecular weight is 245 g/mol. The minimum atomic E-state index is -0.411. The standard InChI is InChI=1S/C12H17ClOS/c1-12(2,3)15-8-11(14)9-4-6-10(13)7-5-9/h4-7,11,14H,8H2,1-3H3. The van der Waals surface area contributed by atoms with Crippen LogP contribution in [0.15, 0.2) is 24.3 Å². The van der Waals surface area contributed by atoms with E-state index in [1.807, 2.05) is 24.3 Å². The van der Waals surface area contributed by atoms with Crippen molar-refractivity contribution >= 4 is 23.4 Å². The van der Waals surface area contributed by atoms with E-state index in [1.54, 1.807) is 11.8 Å². The fourth-order valence-electron chi connectivity index (χ4n) is 1.11. The Morgan fingerprint density at radius 1 is 1.27 bits per heavy atom. The lowest BCUT2D eigenvalue weighted by Gasteiger charge is -2.20. The van der Waals surface area contributed by atoms with E-state index in [2.05, 4.69) is 20.8 Å². The second-order valence-corrected chi connectivity index (χ2v) is 6.77. The molecule has 0 heterocycles. The van der Waals surface area contributed by atoms with Gasteiger partial charge in [-0.1, -0.05) is 44.5 Å². The number of rotatable bonds is 3. The van der Waals surface area contributed by atoms with E-state index in [9.17, 15) is 5.11 Å². The fourth-order valence-corrected chi connectivity index (χ4v) is 2.09. The Kier molecular flexibility index (Phi) is 4.50. The molecule has 0 aromatic heterocycles. The zero-order chi connectivity index (χ0) is 11.5. The summed E-state index contributed by atoms with van der Waals surface area (Å²) in [7, 11) is 0. The Balaban J connectivity index is 2.54. The van der Waals surface area contributed by atoms with Crippen molar-refractivity contribution in [3.05, 3.63) is 34.9 Å². The first-order valence-electron chi connectivity index (χ1n) is 4.96. The minimum Gasteiger partial charge on any atom is -0.388 e. The van der Waals surface area contributed by atoms with Crippen LogP contribution >= 0.6 is 23.4 Å². The van der Waals surface area contributed by atoms with Crippen LogP contribution in [0.2, 0.25) is 5.02 Å². The summed E-state index contributed by atoms with van der Waals surface area (Å²) >= 11 is 7.54. The van der Waals surface area contributed by atoms with Crippen LogP contribution in [0.25, 0.3) is 0 Å². The lowest BCUT2D eigenvalue weighted by molar-refractivity contribution is 0.204. The summed E-state index contributed by atoms with van der Waals surface area (Å²) in [6.07, 6.45) is -0.411. The SMILES string of the molecule is CC(C)(C)SCC(O)c1ccc(Cl)cc1. The molecule has 0 aliphatic rings. The molecule has 1 nitrogen and oxygen atoms in total. The lowest BCUT2D eigenvalue weighted by atomic mass is 10.1. The largest absolute Gasteiger partial charge is 0.388 e. The number of aliphatic hydroxyl groups excluding tert-OH is 1. The normalized spacial score (nSPS) is 13.9. The maximum absolute atomic E-state index is 9.91. The van der Waals surface area contributed by atoms with Crippen LogP contribution in [0.5, 0.6) is 0 Å². The van der Waals surface area contributed by atoms with Gasteiger partial charge in [-0.2, -0.15) is 11.8 Å². The van der Waals surface area contributed by atoms with Gasteiger partial charge in [-0.3, -0.25) is 0 Å². The Morgan fingerprint density at radius 3 is 2.27 bits per heavy atom. The van der Waals surface area contributed by atoms with Crippen molar-refractivity contribution in [3.63, 3.8) is 0 Å². The lowest BCUT2D eigenvalue weighted by Crippen LogP contribution is -2.12. The molecule has 1 aromatic rings. The van der Waals surface area contributed by atoms with Crippen LogP contribution in [0.3, 0.4) is 0 Å². The molecule has 3 heteroatoms. The monoisotopic (exact) mass is 244 g/mol. The maximum Gasteiger partial charge on any atom is 0.0880 e. The number of hydrogen-bond donors (Lipinski definition) is 1. The molecule has 0 bridgehead atoms. The molecule has 1 aromatic carbocycles. The van der Waals surface area contributed by atoms with Gasteiger partial charge in [-0.25, -0.2) is 0 Å². The fraction of sp³-hybridized carbons (Fsp3) is 0.500. The van der Waals surface area contributed by atoms with E-state index in [4.69, 9.17) is 11.6 Å². The molecule has 1 rings (SSSR count). The highest BCUT2D eigenvalue weighted by molar-refractivity contribution is 8.00. The van der Waals surface area contributed by atoms with Crippen molar-refractivity contribution in [1.82, 2.24) is 0 Å². The smallest absolute Gasteiger partial charge is 0.0880 e. The molecular formula is C12H17ClOS. The van der Waals surface area contributed by atoms with Crippen molar-refractivity contribution < 1.29 is 5.11 Å². The highest BCUT2D eigenvalue weighted by Crippen LogP contribution is 2.28. The van der Waals surface area contributed by atoms with Gasteiger partial charge in [0.2, 0.25) is 0 Å². The summed E-state index contributed by atoms with van der Waals surface area (Å²) in [4.78, 5) is 0. The van der Waals surface area contributed by atoms with Crippen LogP contribution in [0.4, 0.5) is 0 Å². The third-order valence-corrected chi connectivity index (χ3v) is 3.53. The van der Waals surface area contributed by atoms with Crippen LogP contribution < -0.4 is 0 Å². The number of thioether (sulfide) groups is 1. The summed E-state index contributed by atoms with van der Waals surface area (Å²) in [5, 5.41) is 10.6. The Bertz CT molecular complexity index is 302. The second kappa shape index (κ2) is 5.24. The molecule has 84 valence electrons. The predicted molar refractivity (Wildman–Crippen MR) is 68.6 cm³/mol. The van der Waals surface area contributed by atoms with Gasteiger partial charge in [0.1, 0.15) is 0 Å². The quantitative estimate of drug-likeness (QED) is 0.870. The van der Waals surface area contributed by atoms with E-state index >= 15 is 0 Å². The third kappa shape index (κ3) is 4.92. The molecule has 0 aliphatic carbocycles. The maximum atomic E-state index is 9.91. The van der Waals surface area contributed by atoms with E-state index in [-0.39, 0.29) is 4.75 Å². The Labute approximate surface area is 101 Å². The van der Waals surface area contributed by atoms with Gasteiger partial charge < -0.3 is 5.11 Å². The summed E-state index contributed by atoms with van der Waals surface area (Å²) in [5.41, 5.74) is 0.927. The molecule has 0 aliphatic heterocycles. The highest BCUT2D eigenvalue weighted by Gasteiger charge is 2.14. The van der Waals surface area contributed by atoms with Crippen molar-refractivity contribution in [3.8, 4) is 0 Å². The molecule has 15 heavy (non-hydrogen) atoms. The first-order chi connectivity index (χ1) is 6.88. The zero-order valence-electron chi connectivity index (χ0n) is 9.33. The Morgan fingerprint density at radius 2 is 1.80 bits per heavy atom. The second-order valence-electron chi connectivity index (χ2n) is 4.49. The predicted octanol–water partition coefficient (Wildman–Crippen LogP) is 3.91. The molecule has 0 saturated heterocycles. The molecule has 0 fully saturated rings. The topological polar surface area (TPSA) is 20.2 Å². The molecule has 1 N–H and O–H groups in total. The van der Waals surface area contributed by atoms with E-state index in [0.29, 0.717) is 10.8 Å². The van der Waals surface area contributed by atoms with Gasteiger partial charge in [0.25, 0.3) is 0 Å². The molecule has 0 saturated carbocycles. The minimum absolute atomic E-state index is 0.188. The van der Waals surface area contributed by atoms with Gasteiger partial charge in [0, 0.05) is 15.5 Å². The van der Waals surface area contributed by atoms with Crippen LogP contribution in [-0.4, -0.2) is 15.6 Å². The van der Waals surface area contributed by atoms with Crippen LogP contribution in [0, 0.1) is 0 Å². The first kappa shape index (κ1) is 12.9. The number of aliphatic hydroxyl groups is 1. The zero-order valence-corrected chi connectivity index (χ0v) is 10.9. The summed E-state index contributed by atoms with van der Waals surface area (Å²) in [5.74, 6) is 0.713. The van der Waals surface area contributed by atoms with Crippen molar-refractivity contribution in [1.29, 1.82) is 0 Å². The third-order valence-electron chi connectivity index (χ3n) is 1.93. The van der Waals surface area contributed by atoms with Gasteiger partial charge in [0.05, 0.1) is 6.10 Å². The van der Waals surface area contributed by atoms with Gasteiger partial charge >= 0.3 is 0 Å². The van der Waals surface area contributed by atoms with Gasteiger partial charge in [-0.15, -0.1) is 0 Å². The molecule has 1 unspecified atom stereocenters. The molecule has 0 spiro atoms. The van der Waals surface area contributed by atoms with Crippen LogP contribution in [0.1, 0.15) is 32.4 Å².